The van der Waals surface area contributed by atoms with Crippen molar-refractivity contribution in [2.24, 2.45) is 0 Å². The summed E-state index contributed by atoms with van der Waals surface area (Å²) in [7, 11) is 0. The Morgan fingerprint density at radius 3 is 2.71 bits per heavy atom. The van der Waals surface area contributed by atoms with Crippen LogP contribution in [0.4, 0.5) is 5.69 Å². The molecule has 0 aliphatic carbocycles. The van der Waals surface area contributed by atoms with Gasteiger partial charge in [0.05, 0.1) is 4.92 Å². The van der Waals surface area contributed by atoms with Crippen molar-refractivity contribution in [3.63, 3.8) is 0 Å². The zero-order valence-electron chi connectivity index (χ0n) is 8.42. The minimum absolute atomic E-state index is 0.117. The molecule has 0 saturated carbocycles. The molecule has 1 heterocycles. The molecule has 0 saturated heterocycles. The number of carbonyl (C=O) groups excluding carboxylic acids is 1. The molecule has 0 radical (unpaired) electrons. The van der Waals surface area contributed by atoms with Crippen molar-refractivity contribution in [1.82, 2.24) is 0 Å². The van der Waals surface area contributed by atoms with Crippen LogP contribution in [0.3, 0.4) is 0 Å². The van der Waals surface area contributed by atoms with E-state index in [1.807, 2.05) is 0 Å². The number of nitro groups is 1. The molecule has 17 heavy (non-hydrogen) atoms. The van der Waals surface area contributed by atoms with E-state index in [-0.39, 0.29) is 22.1 Å². The fourth-order valence-electron chi connectivity index (χ4n) is 1.39. The molecular weight excluding hydrogens is 262 g/mol. The maximum atomic E-state index is 12.0. The number of halogens is 1. The van der Waals surface area contributed by atoms with Crippen LogP contribution in [0.5, 0.6) is 0 Å². The second-order valence-electron chi connectivity index (χ2n) is 3.24. The molecule has 86 valence electrons. The third-order valence-electron chi connectivity index (χ3n) is 2.20. The zero-order valence-corrected chi connectivity index (χ0v) is 9.99. The van der Waals surface area contributed by atoms with Crippen LogP contribution in [0.15, 0.2) is 35.0 Å². The normalized spacial score (nSPS) is 10.2. The quantitative estimate of drug-likeness (QED) is 0.485. The number of thiophene rings is 1. The number of nitro benzene ring substituents is 1. The number of ketones is 1. The number of hydrogen-bond donors (Lipinski definition) is 0. The Labute approximate surface area is 106 Å². The fraction of sp³-hybridized carbons (Fsp3) is 0. The third-order valence-corrected chi connectivity index (χ3v) is 3.28. The Hall–Kier alpha value is -1.72. The summed E-state index contributed by atoms with van der Waals surface area (Å²) in [5.74, 6) is -0.306. The minimum Gasteiger partial charge on any atom is -0.289 e. The van der Waals surface area contributed by atoms with Gasteiger partial charge < -0.3 is 0 Å². The summed E-state index contributed by atoms with van der Waals surface area (Å²) in [5, 5.41) is 14.0. The molecule has 0 atom stereocenters. The van der Waals surface area contributed by atoms with Gasteiger partial charge in [-0.1, -0.05) is 17.7 Å². The lowest BCUT2D eigenvalue weighted by Crippen LogP contribution is -2.02. The maximum absolute atomic E-state index is 12.0. The van der Waals surface area contributed by atoms with Crippen LogP contribution >= 0.6 is 22.9 Å². The Balaban J connectivity index is 2.50. The van der Waals surface area contributed by atoms with Crippen LogP contribution < -0.4 is 0 Å². The second-order valence-corrected chi connectivity index (χ2v) is 4.39. The lowest BCUT2D eigenvalue weighted by molar-refractivity contribution is -0.384. The number of nitrogens with zero attached hydrogens (tertiary/aromatic N) is 1. The lowest BCUT2D eigenvalue weighted by atomic mass is 10.1. The molecule has 4 nitrogen and oxygen atoms in total. The van der Waals surface area contributed by atoms with Crippen molar-refractivity contribution in [2.75, 3.05) is 0 Å². The molecule has 0 fully saturated rings. The van der Waals surface area contributed by atoms with E-state index >= 15 is 0 Å². The standard InChI is InChI=1S/C11H6ClNO3S/c12-10-8(2-1-3-9(10)13(15)16)11(14)7-4-5-17-6-7/h1-6H. The van der Waals surface area contributed by atoms with E-state index in [0.29, 0.717) is 5.56 Å². The van der Waals surface area contributed by atoms with Gasteiger partial charge in [-0.25, -0.2) is 0 Å². The van der Waals surface area contributed by atoms with Gasteiger partial charge in [0.1, 0.15) is 5.02 Å². The Morgan fingerprint density at radius 1 is 1.35 bits per heavy atom. The van der Waals surface area contributed by atoms with Crippen molar-refractivity contribution < 1.29 is 9.72 Å². The highest BCUT2D eigenvalue weighted by Gasteiger charge is 2.20. The van der Waals surface area contributed by atoms with Gasteiger partial charge in [0.25, 0.3) is 5.69 Å². The van der Waals surface area contributed by atoms with Crippen molar-refractivity contribution in [2.45, 2.75) is 0 Å². The van der Waals surface area contributed by atoms with Crippen molar-refractivity contribution in [1.29, 1.82) is 0 Å². The molecule has 2 rings (SSSR count). The molecule has 0 unspecified atom stereocenters. The summed E-state index contributed by atoms with van der Waals surface area (Å²) in [4.78, 5) is 22.1. The van der Waals surface area contributed by atoms with E-state index in [4.69, 9.17) is 11.6 Å². The number of hydrogen-bond acceptors (Lipinski definition) is 4. The smallest absolute Gasteiger partial charge is 0.288 e. The first kappa shape index (κ1) is 11.8. The molecule has 6 heteroatoms. The van der Waals surface area contributed by atoms with E-state index in [1.165, 1.54) is 29.5 Å². The van der Waals surface area contributed by atoms with Gasteiger partial charge in [-0.15, -0.1) is 0 Å². The molecule has 1 aromatic heterocycles. The van der Waals surface area contributed by atoms with E-state index in [2.05, 4.69) is 0 Å². The van der Waals surface area contributed by atoms with Gasteiger partial charge >= 0.3 is 0 Å². The fourth-order valence-corrected chi connectivity index (χ4v) is 2.30. The highest BCUT2D eigenvalue weighted by molar-refractivity contribution is 7.08. The molecule has 0 bridgehead atoms. The average Bonchev–Trinajstić information content (AvgIpc) is 2.81. The molecule has 2 aromatic rings. The summed E-state index contributed by atoms with van der Waals surface area (Å²) >= 11 is 7.24. The highest BCUT2D eigenvalue weighted by atomic mass is 35.5. The molecular formula is C11H6ClNO3S. The Morgan fingerprint density at radius 2 is 2.12 bits per heavy atom. The lowest BCUT2D eigenvalue weighted by Gasteiger charge is -2.02. The van der Waals surface area contributed by atoms with E-state index < -0.39 is 4.92 Å². The summed E-state index contributed by atoms with van der Waals surface area (Å²) in [6, 6.07) is 5.86. The monoisotopic (exact) mass is 267 g/mol. The first-order valence-electron chi connectivity index (χ1n) is 4.61. The van der Waals surface area contributed by atoms with E-state index in [1.54, 1.807) is 16.8 Å². The summed E-state index contributed by atoms with van der Waals surface area (Å²) in [6.07, 6.45) is 0. The van der Waals surface area contributed by atoms with Gasteiger partial charge in [0.2, 0.25) is 0 Å². The summed E-state index contributed by atoms with van der Waals surface area (Å²) in [5.41, 5.74) is 0.379. The molecule has 0 aliphatic heterocycles. The maximum Gasteiger partial charge on any atom is 0.288 e. The van der Waals surface area contributed by atoms with Gasteiger partial charge in [-0.05, 0) is 17.5 Å². The van der Waals surface area contributed by atoms with Crippen LogP contribution in [0.2, 0.25) is 5.02 Å². The molecule has 0 spiro atoms. The number of benzene rings is 1. The van der Waals surface area contributed by atoms with Crippen molar-refractivity contribution in [3.05, 3.63) is 61.3 Å². The van der Waals surface area contributed by atoms with Gasteiger partial charge in [0, 0.05) is 22.6 Å². The molecule has 1 aromatic carbocycles. The highest BCUT2D eigenvalue weighted by Crippen LogP contribution is 2.29. The molecule has 0 amide bonds. The van der Waals surface area contributed by atoms with Crippen LogP contribution in [-0.4, -0.2) is 10.7 Å². The number of carbonyl (C=O) groups is 1. The largest absolute Gasteiger partial charge is 0.289 e. The van der Waals surface area contributed by atoms with Crippen molar-refractivity contribution in [3.8, 4) is 0 Å². The molecule has 0 N–H and O–H groups in total. The van der Waals surface area contributed by atoms with Crippen LogP contribution in [-0.2, 0) is 0 Å². The van der Waals surface area contributed by atoms with Crippen LogP contribution in [0.1, 0.15) is 15.9 Å². The van der Waals surface area contributed by atoms with Crippen LogP contribution in [0, 0.1) is 10.1 Å². The summed E-state index contributed by atoms with van der Waals surface area (Å²) < 4.78 is 0. The van der Waals surface area contributed by atoms with E-state index in [0.717, 1.165) is 0 Å². The third kappa shape index (κ3) is 2.20. The van der Waals surface area contributed by atoms with Gasteiger partial charge in [0.15, 0.2) is 5.78 Å². The Kier molecular flexibility index (Phi) is 3.21. The Bertz CT molecular complexity index is 580. The second kappa shape index (κ2) is 4.65. The molecule has 0 aliphatic rings. The first-order chi connectivity index (χ1) is 8.11. The van der Waals surface area contributed by atoms with Gasteiger partial charge in [-0.2, -0.15) is 11.3 Å². The predicted molar refractivity (Wildman–Crippen MR) is 65.9 cm³/mol. The van der Waals surface area contributed by atoms with Gasteiger partial charge in [-0.3, -0.25) is 14.9 Å². The number of rotatable bonds is 3. The van der Waals surface area contributed by atoms with Crippen molar-refractivity contribution >= 4 is 34.4 Å². The first-order valence-corrected chi connectivity index (χ1v) is 5.93. The summed E-state index contributed by atoms with van der Waals surface area (Å²) in [6.45, 7) is 0. The van der Waals surface area contributed by atoms with Crippen LogP contribution in [0.25, 0.3) is 0 Å². The zero-order chi connectivity index (χ0) is 12.4. The average molecular weight is 268 g/mol. The minimum atomic E-state index is -0.604. The predicted octanol–water partition coefficient (Wildman–Crippen LogP) is 3.54. The van der Waals surface area contributed by atoms with E-state index in [9.17, 15) is 14.9 Å². The topological polar surface area (TPSA) is 60.2 Å². The SMILES string of the molecule is O=C(c1ccsc1)c1cccc([N+](=O)[O-])c1Cl.